The number of aliphatic hydroxyl groups excluding tert-OH is 1. The Balaban J connectivity index is 1.92. The first-order valence-corrected chi connectivity index (χ1v) is 8.23. The number of aryl methyl sites for hydroxylation is 2. The molecule has 0 spiro atoms. The molecule has 0 unspecified atom stereocenters. The average Bonchev–Trinajstić information content (AvgIpc) is 2.83. The maximum atomic E-state index is 11.9. The molecule has 6 nitrogen and oxygen atoms in total. The van der Waals surface area contributed by atoms with Gasteiger partial charge in [-0.25, -0.2) is 4.79 Å². The fourth-order valence-electron chi connectivity index (χ4n) is 2.52. The van der Waals surface area contributed by atoms with Crippen molar-refractivity contribution in [2.45, 2.75) is 33.7 Å². The van der Waals surface area contributed by atoms with E-state index in [1.54, 1.807) is 0 Å². The SMILES string of the molecule is Cc1cc(C)n(Cc2cccc(NC(=O)NC[C@H](C)CCO)c2)n1. The van der Waals surface area contributed by atoms with Gasteiger partial charge in [0.15, 0.2) is 0 Å². The predicted molar refractivity (Wildman–Crippen MR) is 95.1 cm³/mol. The summed E-state index contributed by atoms with van der Waals surface area (Å²) in [5.41, 5.74) is 3.94. The van der Waals surface area contributed by atoms with Crippen molar-refractivity contribution < 1.29 is 9.90 Å². The minimum atomic E-state index is -0.233. The second kappa shape index (κ2) is 8.49. The highest BCUT2D eigenvalue weighted by Crippen LogP contribution is 2.13. The summed E-state index contributed by atoms with van der Waals surface area (Å²) in [5, 5.41) is 19.0. The zero-order valence-electron chi connectivity index (χ0n) is 14.5. The molecule has 0 aliphatic heterocycles. The number of anilines is 1. The zero-order valence-corrected chi connectivity index (χ0v) is 14.5. The van der Waals surface area contributed by atoms with Crippen LogP contribution < -0.4 is 10.6 Å². The first kappa shape index (κ1) is 18.0. The molecule has 1 atom stereocenters. The zero-order chi connectivity index (χ0) is 17.5. The molecule has 2 aromatic rings. The van der Waals surface area contributed by atoms with E-state index in [0.29, 0.717) is 19.5 Å². The molecule has 0 radical (unpaired) electrons. The van der Waals surface area contributed by atoms with Gasteiger partial charge in [0, 0.05) is 24.5 Å². The van der Waals surface area contributed by atoms with Crippen LogP contribution in [0.25, 0.3) is 0 Å². The number of aliphatic hydroxyl groups is 1. The number of rotatable bonds is 7. The van der Waals surface area contributed by atoms with Crippen LogP contribution in [0.2, 0.25) is 0 Å². The summed E-state index contributed by atoms with van der Waals surface area (Å²) in [7, 11) is 0. The maximum absolute atomic E-state index is 11.9. The Hall–Kier alpha value is -2.34. The molecule has 2 rings (SSSR count). The smallest absolute Gasteiger partial charge is 0.319 e. The van der Waals surface area contributed by atoms with Crippen LogP contribution in [-0.2, 0) is 6.54 Å². The Morgan fingerprint density at radius 1 is 1.33 bits per heavy atom. The third-order valence-corrected chi connectivity index (χ3v) is 3.85. The molecule has 1 heterocycles. The van der Waals surface area contributed by atoms with Crippen LogP contribution in [0, 0.1) is 19.8 Å². The van der Waals surface area contributed by atoms with Gasteiger partial charge in [0.05, 0.1) is 12.2 Å². The van der Waals surface area contributed by atoms with Gasteiger partial charge in [0.2, 0.25) is 0 Å². The number of nitrogens with zero attached hydrogens (tertiary/aromatic N) is 2. The monoisotopic (exact) mass is 330 g/mol. The minimum absolute atomic E-state index is 0.138. The molecule has 1 aromatic heterocycles. The van der Waals surface area contributed by atoms with Crippen LogP contribution in [0.4, 0.5) is 10.5 Å². The van der Waals surface area contributed by atoms with Gasteiger partial charge < -0.3 is 15.7 Å². The fraction of sp³-hybridized carbons (Fsp3) is 0.444. The van der Waals surface area contributed by atoms with Gasteiger partial charge in [0.25, 0.3) is 0 Å². The number of benzene rings is 1. The second-order valence-electron chi connectivity index (χ2n) is 6.24. The summed E-state index contributed by atoms with van der Waals surface area (Å²) in [6, 6.07) is 9.56. The Labute approximate surface area is 142 Å². The van der Waals surface area contributed by atoms with E-state index in [1.807, 2.05) is 55.8 Å². The lowest BCUT2D eigenvalue weighted by Crippen LogP contribution is -2.32. The van der Waals surface area contributed by atoms with Crippen molar-refractivity contribution in [1.29, 1.82) is 0 Å². The van der Waals surface area contributed by atoms with Gasteiger partial charge in [0.1, 0.15) is 0 Å². The summed E-state index contributed by atoms with van der Waals surface area (Å²) in [6.07, 6.45) is 0.679. The number of urea groups is 1. The lowest BCUT2D eigenvalue weighted by Gasteiger charge is -2.13. The van der Waals surface area contributed by atoms with Crippen molar-refractivity contribution >= 4 is 11.7 Å². The number of carbonyl (C=O) groups excluding carboxylic acids is 1. The number of aromatic nitrogens is 2. The molecular formula is C18H26N4O2. The van der Waals surface area contributed by atoms with E-state index in [1.165, 1.54) is 0 Å². The van der Waals surface area contributed by atoms with Crippen molar-refractivity contribution in [3.05, 3.63) is 47.3 Å². The van der Waals surface area contributed by atoms with Crippen molar-refractivity contribution in [2.24, 2.45) is 5.92 Å². The molecule has 6 heteroatoms. The summed E-state index contributed by atoms with van der Waals surface area (Å²) in [5.74, 6) is 0.248. The largest absolute Gasteiger partial charge is 0.396 e. The number of hydrogen-bond acceptors (Lipinski definition) is 3. The van der Waals surface area contributed by atoms with Crippen LogP contribution in [0.5, 0.6) is 0 Å². The van der Waals surface area contributed by atoms with Gasteiger partial charge in [-0.15, -0.1) is 0 Å². The average molecular weight is 330 g/mol. The van der Waals surface area contributed by atoms with Crippen LogP contribution in [0.1, 0.15) is 30.3 Å². The van der Waals surface area contributed by atoms with Gasteiger partial charge in [-0.1, -0.05) is 19.1 Å². The summed E-state index contributed by atoms with van der Waals surface area (Å²) in [4.78, 5) is 11.9. The van der Waals surface area contributed by atoms with Crippen molar-refractivity contribution in [2.75, 3.05) is 18.5 Å². The third-order valence-electron chi connectivity index (χ3n) is 3.85. The standard InChI is InChI=1S/C18H26N4O2/c1-13(7-8-23)11-19-18(24)20-17-6-4-5-16(10-17)12-22-15(3)9-14(2)21-22/h4-6,9-10,13,23H,7-8,11-12H2,1-3H3,(H2,19,20,24)/t13-/m1/s1. The molecule has 1 aromatic carbocycles. The van der Waals surface area contributed by atoms with Gasteiger partial charge in [-0.3, -0.25) is 4.68 Å². The van der Waals surface area contributed by atoms with E-state index in [-0.39, 0.29) is 18.6 Å². The van der Waals surface area contributed by atoms with E-state index in [2.05, 4.69) is 15.7 Å². The molecular weight excluding hydrogens is 304 g/mol. The van der Waals surface area contributed by atoms with E-state index in [0.717, 1.165) is 22.6 Å². The molecule has 130 valence electrons. The van der Waals surface area contributed by atoms with Gasteiger partial charge in [-0.05, 0) is 49.9 Å². The summed E-state index contributed by atoms with van der Waals surface area (Å²) in [6.45, 7) is 7.35. The lowest BCUT2D eigenvalue weighted by atomic mass is 10.1. The summed E-state index contributed by atoms with van der Waals surface area (Å²) >= 11 is 0. The lowest BCUT2D eigenvalue weighted by molar-refractivity contribution is 0.243. The number of nitrogens with one attached hydrogen (secondary N) is 2. The molecule has 0 saturated carbocycles. The molecule has 3 N–H and O–H groups in total. The van der Waals surface area contributed by atoms with Crippen molar-refractivity contribution in [3.8, 4) is 0 Å². The second-order valence-corrected chi connectivity index (χ2v) is 6.24. The topological polar surface area (TPSA) is 79.2 Å². The number of amides is 2. The quantitative estimate of drug-likeness (QED) is 0.730. The normalized spacial score (nSPS) is 12.0. The van der Waals surface area contributed by atoms with Crippen LogP contribution in [-0.4, -0.2) is 34.1 Å². The Bertz CT molecular complexity index is 681. The van der Waals surface area contributed by atoms with E-state index >= 15 is 0 Å². The molecule has 0 saturated heterocycles. The Morgan fingerprint density at radius 3 is 2.79 bits per heavy atom. The predicted octanol–water partition coefficient (Wildman–Crippen LogP) is 2.69. The van der Waals surface area contributed by atoms with E-state index < -0.39 is 0 Å². The van der Waals surface area contributed by atoms with Crippen LogP contribution in [0.3, 0.4) is 0 Å². The first-order valence-electron chi connectivity index (χ1n) is 8.23. The Kier molecular flexibility index (Phi) is 6.37. The maximum Gasteiger partial charge on any atom is 0.319 e. The molecule has 24 heavy (non-hydrogen) atoms. The van der Waals surface area contributed by atoms with Crippen LogP contribution >= 0.6 is 0 Å². The van der Waals surface area contributed by atoms with Gasteiger partial charge in [-0.2, -0.15) is 5.10 Å². The van der Waals surface area contributed by atoms with Gasteiger partial charge >= 0.3 is 6.03 Å². The first-order chi connectivity index (χ1) is 11.5. The third kappa shape index (κ3) is 5.38. The van der Waals surface area contributed by atoms with E-state index in [9.17, 15) is 4.79 Å². The summed E-state index contributed by atoms with van der Waals surface area (Å²) < 4.78 is 1.95. The molecule has 2 amide bonds. The fourth-order valence-corrected chi connectivity index (χ4v) is 2.52. The minimum Gasteiger partial charge on any atom is -0.396 e. The highest BCUT2D eigenvalue weighted by atomic mass is 16.3. The number of carbonyl (C=O) groups is 1. The Morgan fingerprint density at radius 2 is 2.12 bits per heavy atom. The number of hydrogen-bond donors (Lipinski definition) is 3. The molecule has 0 aliphatic rings. The van der Waals surface area contributed by atoms with Crippen molar-refractivity contribution in [3.63, 3.8) is 0 Å². The van der Waals surface area contributed by atoms with E-state index in [4.69, 9.17) is 5.11 Å². The van der Waals surface area contributed by atoms with Crippen molar-refractivity contribution in [1.82, 2.24) is 15.1 Å². The van der Waals surface area contributed by atoms with Crippen LogP contribution in [0.15, 0.2) is 30.3 Å². The highest BCUT2D eigenvalue weighted by Gasteiger charge is 2.07. The molecule has 0 bridgehead atoms. The highest BCUT2D eigenvalue weighted by molar-refractivity contribution is 5.89. The molecule has 0 aliphatic carbocycles. The molecule has 0 fully saturated rings.